The number of hydrogen-bond donors (Lipinski definition) is 2. The lowest BCUT2D eigenvalue weighted by Crippen LogP contribution is -2.17. The summed E-state index contributed by atoms with van der Waals surface area (Å²) in [4.78, 5) is 12.4. The Kier molecular flexibility index (Phi) is 4.95. The molecule has 128 valence electrons. The van der Waals surface area contributed by atoms with Crippen molar-refractivity contribution in [3.8, 4) is 5.69 Å². The second-order valence-corrected chi connectivity index (χ2v) is 6.16. The molecule has 0 saturated heterocycles. The highest BCUT2D eigenvalue weighted by atomic mass is 16.3. The van der Waals surface area contributed by atoms with Crippen LogP contribution in [0.5, 0.6) is 0 Å². The monoisotopic (exact) mass is 335 g/mol. The van der Waals surface area contributed by atoms with Gasteiger partial charge in [-0.1, -0.05) is 36.4 Å². The van der Waals surface area contributed by atoms with Gasteiger partial charge in [0, 0.05) is 6.20 Å². The van der Waals surface area contributed by atoms with Crippen LogP contribution in [-0.4, -0.2) is 20.8 Å². The average Bonchev–Trinajstić information content (AvgIpc) is 3.02. The Morgan fingerprint density at radius 2 is 1.92 bits per heavy atom. The number of benzene rings is 2. The number of amides is 1. The maximum atomic E-state index is 12.4. The molecule has 0 bridgehead atoms. The molecule has 2 aromatic carbocycles. The third-order valence-corrected chi connectivity index (χ3v) is 3.95. The van der Waals surface area contributed by atoms with Gasteiger partial charge in [-0.25, -0.2) is 4.68 Å². The van der Waals surface area contributed by atoms with E-state index in [-0.39, 0.29) is 12.3 Å². The third kappa shape index (κ3) is 4.14. The highest BCUT2D eigenvalue weighted by molar-refractivity contribution is 5.93. The predicted octanol–water partition coefficient (Wildman–Crippen LogP) is 3.55. The first kappa shape index (κ1) is 16.9. The molecule has 1 amide bonds. The maximum absolute atomic E-state index is 12.4. The van der Waals surface area contributed by atoms with Crippen LogP contribution in [-0.2, 0) is 4.79 Å². The van der Waals surface area contributed by atoms with Crippen molar-refractivity contribution < 1.29 is 9.90 Å². The van der Waals surface area contributed by atoms with E-state index in [2.05, 4.69) is 10.4 Å². The first-order valence-corrected chi connectivity index (χ1v) is 8.18. The van der Waals surface area contributed by atoms with Crippen LogP contribution in [0, 0.1) is 13.8 Å². The fourth-order valence-corrected chi connectivity index (χ4v) is 2.66. The molecule has 0 saturated carbocycles. The summed E-state index contributed by atoms with van der Waals surface area (Å²) in [7, 11) is 0. The number of rotatable bonds is 5. The number of aliphatic hydroxyl groups is 1. The van der Waals surface area contributed by atoms with E-state index in [1.165, 1.54) is 0 Å². The van der Waals surface area contributed by atoms with E-state index in [1.54, 1.807) is 10.9 Å². The molecule has 1 aromatic heterocycles. The first-order valence-electron chi connectivity index (χ1n) is 8.18. The summed E-state index contributed by atoms with van der Waals surface area (Å²) in [6.07, 6.45) is 2.83. The van der Waals surface area contributed by atoms with Crippen molar-refractivity contribution in [1.82, 2.24) is 9.78 Å². The molecule has 0 radical (unpaired) electrons. The van der Waals surface area contributed by atoms with Crippen LogP contribution in [0.25, 0.3) is 5.69 Å². The Hall–Kier alpha value is -2.92. The third-order valence-electron chi connectivity index (χ3n) is 3.95. The second kappa shape index (κ2) is 7.32. The van der Waals surface area contributed by atoms with Gasteiger partial charge in [0.05, 0.1) is 30.1 Å². The molecule has 25 heavy (non-hydrogen) atoms. The number of aliphatic hydroxyl groups excluding tert-OH is 1. The van der Waals surface area contributed by atoms with Crippen LogP contribution in [0.3, 0.4) is 0 Å². The Balaban J connectivity index is 1.78. The lowest BCUT2D eigenvalue weighted by Gasteiger charge is -2.14. The zero-order chi connectivity index (χ0) is 17.8. The van der Waals surface area contributed by atoms with Crippen LogP contribution in [0.2, 0.25) is 0 Å². The van der Waals surface area contributed by atoms with Crippen molar-refractivity contribution in [1.29, 1.82) is 0 Å². The summed E-state index contributed by atoms with van der Waals surface area (Å²) in [5.41, 5.74) is 4.27. The Morgan fingerprint density at radius 1 is 1.16 bits per heavy atom. The zero-order valence-electron chi connectivity index (χ0n) is 14.3. The lowest BCUT2D eigenvalue weighted by molar-refractivity contribution is -0.118. The molecule has 1 atom stereocenters. The summed E-state index contributed by atoms with van der Waals surface area (Å²) in [6, 6.07) is 15.0. The molecular formula is C20H21N3O2. The Morgan fingerprint density at radius 3 is 2.60 bits per heavy atom. The van der Waals surface area contributed by atoms with Gasteiger partial charge in [-0.05, 0) is 42.7 Å². The SMILES string of the molecule is Cc1ccc(-n2cc(C)cn2)c(NC(=O)CC(O)c2ccccc2)c1. The number of carbonyl (C=O) groups excluding carboxylic acids is 1. The highest BCUT2D eigenvalue weighted by Crippen LogP contribution is 2.23. The van der Waals surface area contributed by atoms with Crippen LogP contribution in [0.4, 0.5) is 5.69 Å². The van der Waals surface area contributed by atoms with E-state index in [4.69, 9.17) is 0 Å². The average molecular weight is 335 g/mol. The van der Waals surface area contributed by atoms with Crippen LogP contribution >= 0.6 is 0 Å². The summed E-state index contributed by atoms with van der Waals surface area (Å²) < 4.78 is 1.73. The van der Waals surface area contributed by atoms with Gasteiger partial charge in [-0.15, -0.1) is 0 Å². The molecule has 0 aliphatic heterocycles. The van der Waals surface area contributed by atoms with Gasteiger partial charge in [-0.2, -0.15) is 5.10 Å². The van der Waals surface area contributed by atoms with E-state index >= 15 is 0 Å². The minimum Gasteiger partial charge on any atom is -0.388 e. The number of nitrogens with zero attached hydrogens (tertiary/aromatic N) is 2. The fraction of sp³-hybridized carbons (Fsp3) is 0.200. The first-order chi connectivity index (χ1) is 12.0. The summed E-state index contributed by atoms with van der Waals surface area (Å²) in [5, 5.41) is 17.4. The molecular weight excluding hydrogens is 314 g/mol. The van der Waals surface area contributed by atoms with Gasteiger partial charge >= 0.3 is 0 Å². The molecule has 0 spiro atoms. The van der Waals surface area contributed by atoms with Crippen LogP contribution in [0.15, 0.2) is 60.9 Å². The van der Waals surface area contributed by atoms with Gasteiger partial charge < -0.3 is 10.4 Å². The van der Waals surface area contributed by atoms with E-state index in [0.717, 1.165) is 22.4 Å². The van der Waals surface area contributed by atoms with Crippen LogP contribution in [0.1, 0.15) is 29.2 Å². The van der Waals surface area contributed by atoms with Gasteiger partial charge in [0.1, 0.15) is 0 Å². The van der Waals surface area contributed by atoms with E-state index in [9.17, 15) is 9.90 Å². The van der Waals surface area contributed by atoms with E-state index < -0.39 is 6.10 Å². The number of hydrogen-bond acceptors (Lipinski definition) is 3. The van der Waals surface area contributed by atoms with Gasteiger partial charge in [-0.3, -0.25) is 4.79 Å². The number of carbonyl (C=O) groups is 1. The molecule has 0 fully saturated rings. The molecule has 3 aromatic rings. The van der Waals surface area contributed by atoms with Crippen molar-refractivity contribution in [2.45, 2.75) is 26.4 Å². The van der Waals surface area contributed by atoms with Crippen molar-refractivity contribution in [3.63, 3.8) is 0 Å². The fourth-order valence-electron chi connectivity index (χ4n) is 2.66. The number of nitrogens with one attached hydrogen (secondary N) is 1. The minimum atomic E-state index is -0.832. The molecule has 2 N–H and O–H groups in total. The lowest BCUT2D eigenvalue weighted by atomic mass is 10.1. The maximum Gasteiger partial charge on any atom is 0.227 e. The quantitative estimate of drug-likeness (QED) is 0.749. The number of anilines is 1. The molecule has 3 rings (SSSR count). The standard InChI is InChI=1S/C20H21N3O2/c1-14-8-9-18(23-13-15(2)12-21-23)17(10-14)22-20(25)11-19(24)16-6-4-3-5-7-16/h3-10,12-13,19,24H,11H2,1-2H3,(H,22,25). The number of aryl methyl sites for hydroxylation is 2. The van der Waals surface area contributed by atoms with Crippen molar-refractivity contribution in [2.75, 3.05) is 5.32 Å². The zero-order valence-corrected chi connectivity index (χ0v) is 14.3. The molecule has 5 heteroatoms. The molecule has 0 aliphatic rings. The van der Waals surface area contributed by atoms with Crippen molar-refractivity contribution in [3.05, 3.63) is 77.6 Å². The normalized spacial score (nSPS) is 12.0. The van der Waals surface area contributed by atoms with E-state index in [0.29, 0.717) is 5.69 Å². The van der Waals surface area contributed by atoms with Gasteiger partial charge in [0.2, 0.25) is 5.91 Å². The van der Waals surface area contributed by atoms with Crippen molar-refractivity contribution in [2.24, 2.45) is 0 Å². The molecule has 5 nitrogen and oxygen atoms in total. The molecule has 0 aliphatic carbocycles. The predicted molar refractivity (Wildman–Crippen MR) is 97.7 cm³/mol. The Bertz CT molecular complexity index is 872. The smallest absolute Gasteiger partial charge is 0.227 e. The largest absolute Gasteiger partial charge is 0.388 e. The van der Waals surface area contributed by atoms with Crippen LogP contribution < -0.4 is 5.32 Å². The van der Waals surface area contributed by atoms with Gasteiger partial charge in [0.25, 0.3) is 0 Å². The summed E-state index contributed by atoms with van der Waals surface area (Å²) in [5.74, 6) is -0.243. The summed E-state index contributed by atoms with van der Waals surface area (Å²) >= 11 is 0. The Labute approximate surface area is 146 Å². The second-order valence-electron chi connectivity index (χ2n) is 6.16. The minimum absolute atomic E-state index is 0.00443. The topological polar surface area (TPSA) is 67.2 Å². The highest BCUT2D eigenvalue weighted by Gasteiger charge is 2.15. The van der Waals surface area contributed by atoms with Crippen molar-refractivity contribution >= 4 is 11.6 Å². The van der Waals surface area contributed by atoms with Gasteiger partial charge in [0.15, 0.2) is 0 Å². The summed E-state index contributed by atoms with van der Waals surface area (Å²) in [6.45, 7) is 3.93. The molecule has 1 heterocycles. The van der Waals surface area contributed by atoms with E-state index in [1.807, 2.05) is 68.6 Å². The molecule has 1 unspecified atom stereocenters. The number of aromatic nitrogens is 2.